The van der Waals surface area contributed by atoms with E-state index in [9.17, 15) is 4.79 Å². The predicted octanol–water partition coefficient (Wildman–Crippen LogP) is 1.74. The summed E-state index contributed by atoms with van der Waals surface area (Å²) in [6.07, 6.45) is 4.02. The van der Waals surface area contributed by atoms with E-state index in [4.69, 9.17) is 0 Å². The Balaban J connectivity index is 1.45. The molecule has 0 bridgehead atoms. The molecular weight excluding hydrogens is 264 g/mol. The molecule has 112 valence electrons. The van der Waals surface area contributed by atoms with Crippen molar-refractivity contribution in [3.8, 4) is 0 Å². The van der Waals surface area contributed by atoms with Crippen LogP contribution >= 0.6 is 0 Å². The standard InChI is InChI=1S/C16H22N4O/c1-10(17-12-6-7-20(9-12)13-3-4-13)11-2-5-14-15(8-11)19-16(21)18-14/h2,5,8,10,12-13,17H,3-4,6-7,9H2,1H3,(H2,18,19,21). The van der Waals surface area contributed by atoms with E-state index in [-0.39, 0.29) is 5.69 Å². The highest BCUT2D eigenvalue weighted by Gasteiger charge is 2.34. The maximum Gasteiger partial charge on any atom is 0.323 e. The van der Waals surface area contributed by atoms with Crippen molar-refractivity contribution in [1.82, 2.24) is 20.2 Å². The number of likely N-dealkylation sites (tertiary alicyclic amines) is 1. The van der Waals surface area contributed by atoms with Crippen molar-refractivity contribution < 1.29 is 0 Å². The molecule has 0 radical (unpaired) electrons. The first-order valence-corrected chi connectivity index (χ1v) is 7.91. The van der Waals surface area contributed by atoms with Crippen LogP contribution in [0.25, 0.3) is 11.0 Å². The van der Waals surface area contributed by atoms with Gasteiger partial charge in [-0.1, -0.05) is 6.07 Å². The molecule has 2 unspecified atom stereocenters. The molecule has 2 heterocycles. The van der Waals surface area contributed by atoms with Crippen LogP contribution in [0.1, 0.15) is 37.8 Å². The first-order chi connectivity index (χ1) is 10.2. The molecule has 2 aliphatic rings. The largest absolute Gasteiger partial charge is 0.323 e. The Morgan fingerprint density at radius 1 is 1.24 bits per heavy atom. The lowest BCUT2D eigenvalue weighted by atomic mass is 10.1. The average Bonchev–Trinajstić information content (AvgIpc) is 3.09. The molecule has 21 heavy (non-hydrogen) atoms. The molecule has 0 spiro atoms. The van der Waals surface area contributed by atoms with Gasteiger partial charge in [-0.15, -0.1) is 0 Å². The quantitative estimate of drug-likeness (QED) is 0.802. The lowest BCUT2D eigenvalue weighted by Gasteiger charge is -2.20. The van der Waals surface area contributed by atoms with E-state index in [1.54, 1.807) is 0 Å². The van der Waals surface area contributed by atoms with Crippen LogP contribution in [0.4, 0.5) is 0 Å². The summed E-state index contributed by atoms with van der Waals surface area (Å²) < 4.78 is 0. The van der Waals surface area contributed by atoms with Gasteiger partial charge in [0.1, 0.15) is 0 Å². The first-order valence-electron chi connectivity index (χ1n) is 7.91. The molecule has 2 atom stereocenters. The Bertz CT molecular complexity index is 700. The Labute approximate surface area is 123 Å². The Morgan fingerprint density at radius 3 is 2.86 bits per heavy atom. The van der Waals surface area contributed by atoms with E-state index in [1.807, 2.05) is 6.07 Å². The molecule has 3 N–H and O–H groups in total. The Morgan fingerprint density at radius 2 is 2.05 bits per heavy atom. The van der Waals surface area contributed by atoms with Gasteiger partial charge in [0.05, 0.1) is 11.0 Å². The summed E-state index contributed by atoms with van der Waals surface area (Å²) in [4.78, 5) is 19.6. The first kappa shape index (κ1) is 13.1. The van der Waals surface area contributed by atoms with Gasteiger partial charge in [0.15, 0.2) is 0 Å². The molecule has 1 aliphatic carbocycles. The van der Waals surface area contributed by atoms with Gasteiger partial charge in [0, 0.05) is 31.2 Å². The van der Waals surface area contributed by atoms with Gasteiger partial charge in [0.25, 0.3) is 0 Å². The van der Waals surface area contributed by atoms with Crippen LogP contribution in [0.2, 0.25) is 0 Å². The monoisotopic (exact) mass is 286 g/mol. The fourth-order valence-corrected chi connectivity index (χ4v) is 3.46. The van der Waals surface area contributed by atoms with Crippen molar-refractivity contribution >= 4 is 11.0 Å². The Kier molecular flexibility index (Phi) is 3.12. The van der Waals surface area contributed by atoms with Crippen LogP contribution in [0.3, 0.4) is 0 Å². The number of aromatic nitrogens is 2. The minimum absolute atomic E-state index is 0.140. The van der Waals surface area contributed by atoms with Crippen molar-refractivity contribution in [2.45, 2.75) is 44.3 Å². The molecule has 5 nitrogen and oxygen atoms in total. The van der Waals surface area contributed by atoms with E-state index < -0.39 is 0 Å². The Hall–Kier alpha value is -1.59. The number of nitrogens with one attached hydrogen (secondary N) is 3. The van der Waals surface area contributed by atoms with Gasteiger partial charge in [-0.05, 0) is 43.9 Å². The second kappa shape index (κ2) is 5.00. The lowest BCUT2D eigenvalue weighted by molar-refractivity contribution is 0.313. The lowest BCUT2D eigenvalue weighted by Crippen LogP contribution is -2.34. The minimum Gasteiger partial charge on any atom is -0.306 e. The fraction of sp³-hybridized carbons (Fsp3) is 0.562. The van der Waals surface area contributed by atoms with E-state index in [0.29, 0.717) is 12.1 Å². The number of hydrogen-bond donors (Lipinski definition) is 3. The summed E-state index contributed by atoms with van der Waals surface area (Å²) in [6.45, 7) is 4.61. The second-order valence-corrected chi connectivity index (χ2v) is 6.48. The van der Waals surface area contributed by atoms with Crippen LogP contribution in [-0.2, 0) is 0 Å². The van der Waals surface area contributed by atoms with Gasteiger partial charge in [-0.3, -0.25) is 4.90 Å². The number of hydrogen-bond acceptors (Lipinski definition) is 3. The van der Waals surface area contributed by atoms with E-state index in [2.05, 4.69) is 39.2 Å². The van der Waals surface area contributed by atoms with Crippen molar-refractivity contribution in [1.29, 1.82) is 0 Å². The minimum atomic E-state index is -0.140. The number of rotatable bonds is 4. The van der Waals surface area contributed by atoms with Crippen LogP contribution in [0.15, 0.2) is 23.0 Å². The SMILES string of the molecule is CC(NC1CCN(C2CC2)C1)c1ccc2[nH]c(=O)[nH]c2c1. The summed E-state index contributed by atoms with van der Waals surface area (Å²) in [5.41, 5.74) is 2.84. The predicted molar refractivity (Wildman–Crippen MR) is 83.5 cm³/mol. The summed E-state index contributed by atoms with van der Waals surface area (Å²) in [6, 6.07) is 7.90. The number of fused-ring (bicyclic) bond motifs is 1. The number of benzene rings is 1. The highest BCUT2D eigenvalue weighted by molar-refractivity contribution is 5.75. The maximum atomic E-state index is 11.3. The van der Waals surface area contributed by atoms with Crippen molar-refractivity contribution in [2.75, 3.05) is 13.1 Å². The molecule has 4 rings (SSSR count). The van der Waals surface area contributed by atoms with E-state index in [0.717, 1.165) is 17.1 Å². The molecule has 2 aromatic rings. The molecule has 1 aromatic heterocycles. The molecule has 5 heteroatoms. The molecule has 2 fully saturated rings. The average molecular weight is 286 g/mol. The van der Waals surface area contributed by atoms with Gasteiger partial charge in [-0.25, -0.2) is 4.79 Å². The highest BCUT2D eigenvalue weighted by Crippen LogP contribution is 2.30. The number of imidazole rings is 1. The fourth-order valence-electron chi connectivity index (χ4n) is 3.46. The summed E-state index contributed by atoms with van der Waals surface area (Å²) in [7, 11) is 0. The maximum absolute atomic E-state index is 11.3. The van der Waals surface area contributed by atoms with Gasteiger partial charge < -0.3 is 15.3 Å². The van der Waals surface area contributed by atoms with Gasteiger partial charge in [-0.2, -0.15) is 0 Å². The van der Waals surface area contributed by atoms with Crippen LogP contribution in [0, 0.1) is 0 Å². The van der Waals surface area contributed by atoms with Gasteiger partial charge in [0.2, 0.25) is 0 Å². The highest BCUT2D eigenvalue weighted by atomic mass is 16.1. The van der Waals surface area contributed by atoms with Crippen molar-refractivity contribution in [3.05, 3.63) is 34.2 Å². The van der Waals surface area contributed by atoms with Crippen LogP contribution < -0.4 is 11.0 Å². The third-order valence-electron chi connectivity index (χ3n) is 4.81. The zero-order valence-electron chi connectivity index (χ0n) is 12.4. The molecule has 1 saturated heterocycles. The third kappa shape index (κ3) is 2.63. The molecular formula is C16H22N4O. The normalized spacial score (nSPS) is 24.7. The zero-order chi connectivity index (χ0) is 14.4. The topological polar surface area (TPSA) is 63.9 Å². The van der Waals surface area contributed by atoms with Crippen LogP contribution in [-0.4, -0.2) is 40.0 Å². The number of aromatic amines is 2. The molecule has 0 amide bonds. The zero-order valence-corrected chi connectivity index (χ0v) is 12.4. The molecule has 1 saturated carbocycles. The molecule has 1 aromatic carbocycles. The number of H-pyrrole nitrogens is 2. The van der Waals surface area contributed by atoms with E-state index >= 15 is 0 Å². The summed E-state index contributed by atoms with van der Waals surface area (Å²) in [5.74, 6) is 0. The third-order valence-corrected chi connectivity index (χ3v) is 4.81. The molecule has 1 aliphatic heterocycles. The van der Waals surface area contributed by atoms with Crippen LogP contribution in [0.5, 0.6) is 0 Å². The smallest absolute Gasteiger partial charge is 0.306 e. The van der Waals surface area contributed by atoms with Crippen molar-refractivity contribution in [3.63, 3.8) is 0 Å². The number of nitrogens with zero attached hydrogens (tertiary/aromatic N) is 1. The van der Waals surface area contributed by atoms with Gasteiger partial charge >= 0.3 is 5.69 Å². The summed E-state index contributed by atoms with van der Waals surface area (Å²) >= 11 is 0. The summed E-state index contributed by atoms with van der Waals surface area (Å²) in [5, 5.41) is 3.74. The second-order valence-electron chi connectivity index (χ2n) is 6.48. The van der Waals surface area contributed by atoms with Crippen molar-refractivity contribution in [2.24, 2.45) is 0 Å². The van der Waals surface area contributed by atoms with E-state index in [1.165, 1.54) is 37.9 Å².